The molecule has 0 saturated carbocycles. The van der Waals surface area contributed by atoms with Gasteiger partial charge in [0.05, 0.1) is 36.7 Å². The van der Waals surface area contributed by atoms with Crippen molar-refractivity contribution in [2.24, 2.45) is 5.92 Å². The van der Waals surface area contributed by atoms with Crippen molar-refractivity contribution < 1.29 is 29.0 Å². The maximum atomic E-state index is 15.6. The Bertz CT molecular complexity index is 3000. The van der Waals surface area contributed by atoms with Crippen molar-refractivity contribution in [3.8, 4) is 17.6 Å². The summed E-state index contributed by atoms with van der Waals surface area (Å²) in [7, 11) is 0. The van der Waals surface area contributed by atoms with Crippen LogP contribution in [0.15, 0.2) is 152 Å². The van der Waals surface area contributed by atoms with Gasteiger partial charge in [-0.1, -0.05) is 102 Å². The summed E-state index contributed by atoms with van der Waals surface area (Å²) < 4.78 is 13.8. The molecule has 1 spiro atoms. The highest BCUT2D eigenvalue weighted by Crippen LogP contribution is 2.65. The molecule has 2 amide bonds. The number of anilines is 3. The Labute approximate surface area is 374 Å². The number of benzene rings is 6. The van der Waals surface area contributed by atoms with Gasteiger partial charge in [0.2, 0.25) is 11.8 Å². The lowest BCUT2D eigenvalue weighted by molar-refractivity contribution is -0.177. The van der Waals surface area contributed by atoms with E-state index in [2.05, 4.69) is 37.7 Å². The predicted octanol–water partition coefficient (Wildman–Crippen LogP) is 6.93. The molecule has 7 aromatic rings. The van der Waals surface area contributed by atoms with Crippen molar-refractivity contribution in [2.45, 2.75) is 36.2 Å². The van der Waals surface area contributed by atoms with Crippen LogP contribution in [0, 0.1) is 17.8 Å². The second-order valence-electron chi connectivity index (χ2n) is 16.7. The summed E-state index contributed by atoms with van der Waals surface area (Å²) in [5.41, 5.74) is 5.21. The maximum Gasteiger partial charge on any atom is 0.324 e. The highest BCUT2D eigenvalue weighted by Gasteiger charge is 2.74. The number of morpholine rings is 2. The fourth-order valence-corrected chi connectivity index (χ4v) is 10.4. The fraction of sp³-hybridized carbons (Fsp3) is 0.212. The van der Waals surface area contributed by atoms with Crippen molar-refractivity contribution in [1.82, 2.24) is 19.9 Å². The Hall–Kier alpha value is -7.79. The molecule has 0 bridgehead atoms. The Kier molecular flexibility index (Phi) is 10.1. The number of rotatable bonds is 7. The smallest absolute Gasteiger partial charge is 0.324 e. The van der Waals surface area contributed by atoms with Crippen LogP contribution in [0.3, 0.4) is 0 Å². The van der Waals surface area contributed by atoms with Gasteiger partial charge in [-0.25, -0.2) is 4.68 Å². The van der Waals surface area contributed by atoms with Gasteiger partial charge in [-0.05, 0) is 89.0 Å². The molecule has 322 valence electrons. The number of hydrogen-bond donors (Lipinski definition) is 3. The van der Waals surface area contributed by atoms with E-state index in [1.54, 1.807) is 35.0 Å². The van der Waals surface area contributed by atoms with Crippen LogP contribution in [0.1, 0.15) is 46.0 Å². The molecular weight excluding hydrogens is 819 g/mol. The van der Waals surface area contributed by atoms with Gasteiger partial charge in [0.25, 0.3) is 0 Å². The normalized spacial score (nSPS) is 23.6. The third kappa shape index (κ3) is 6.86. The van der Waals surface area contributed by atoms with Crippen molar-refractivity contribution in [3.63, 3.8) is 0 Å². The summed E-state index contributed by atoms with van der Waals surface area (Å²) in [6, 6.07) is 43.8. The van der Waals surface area contributed by atoms with Gasteiger partial charge in [-0.15, -0.1) is 5.10 Å². The number of carbonyl (C=O) groups is 3. The summed E-state index contributed by atoms with van der Waals surface area (Å²) in [5.74, 6) is 3.61. The second-order valence-corrected chi connectivity index (χ2v) is 16.7. The van der Waals surface area contributed by atoms with E-state index in [4.69, 9.17) is 9.47 Å². The lowest BCUT2D eigenvalue weighted by Gasteiger charge is -2.46. The van der Waals surface area contributed by atoms with Gasteiger partial charge in [0, 0.05) is 35.7 Å². The van der Waals surface area contributed by atoms with E-state index in [0.29, 0.717) is 41.3 Å². The number of amides is 2. The largest absolute Gasteiger partial charge is 0.508 e. The van der Waals surface area contributed by atoms with Gasteiger partial charge >= 0.3 is 5.97 Å². The molecule has 1 aromatic heterocycles. The average molecular weight is 862 g/mol. The molecule has 3 N–H and O–H groups in total. The Morgan fingerprint density at radius 3 is 2.26 bits per heavy atom. The number of ether oxygens (including phenoxy) is 2. The first-order valence-electron chi connectivity index (χ1n) is 21.7. The lowest BCUT2D eigenvalue weighted by Crippen LogP contribution is -2.53. The van der Waals surface area contributed by atoms with E-state index in [0.717, 1.165) is 40.9 Å². The van der Waals surface area contributed by atoms with Crippen molar-refractivity contribution >= 4 is 45.9 Å². The molecule has 6 aromatic carbocycles. The molecule has 0 unspecified atom stereocenters. The monoisotopic (exact) mass is 861 g/mol. The number of phenols is 1. The first kappa shape index (κ1) is 40.0. The average Bonchev–Trinajstić information content (AvgIpc) is 4.00. The number of aromatic hydroxyl groups is 1. The second kappa shape index (κ2) is 16.4. The number of aromatic nitrogens is 3. The van der Waals surface area contributed by atoms with Crippen LogP contribution in [0.2, 0.25) is 0 Å². The van der Waals surface area contributed by atoms with Crippen LogP contribution in [0.25, 0.3) is 11.0 Å². The molecule has 0 aliphatic carbocycles. The van der Waals surface area contributed by atoms with Crippen LogP contribution in [0.4, 0.5) is 17.1 Å². The fourth-order valence-electron chi connectivity index (χ4n) is 10.4. The molecule has 13 heteroatoms. The molecule has 13 nitrogen and oxygen atoms in total. The summed E-state index contributed by atoms with van der Waals surface area (Å²) in [6.45, 7) is 3.01. The molecule has 3 fully saturated rings. The Morgan fingerprint density at radius 1 is 0.800 bits per heavy atom. The first-order valence-corrected chi connectivity index (χ1v) is 21.7. The molecule has 0 radical (unpaired) electrons. The Balaban J connectivity index is 1.09. The standard InChI is InChI=1S/C52H43N7O6/c60-39-24-18-36(19-25-39)48-52(40-32-33(17-26-41(40)54-51(52)63)10-9-27-58-43-16-8-7-15-42(43)55-56-58)44(49(61)53-37-20-22-38(23-21-37)57-28-30-64-31-29-57)46-50(62)65-47(35-13-5-2-6-14-35)45(59(46)48)34-11-3-1-4-12-34/h1-8,11-26,32,44-48,60H,27-31H2,(H,53,61)(H,54,63)/t44-,45-,46-,47+,48+,52-/m0/s1. The van der Waals surface area contributed by atoms with E-state index in [1.165, 1.54) is 0 Å². The van der Waals surface area contributed by atoms with Gasteiger partial charge in [-0.2, -0.15) is 0 Å². The predicted molar refractivity (Wildman–Crippen MR) is 244 cm³/mol. The summed E-state index contributed by atoms with van der Waals surface area (Å²) >= 11 is 0. The van der Waals surface area contributed by atoms with Crippen molar-refractivity contribution in [1.29, 1.82) is 0 Å². The number of nitrogens with one attached hydrogen (secondary N) is 2. The zero-order valence-corrected chi connectivity index (χ0v) is 35.1. The Morgan fingerprint density at radius 2 is 1.51 bits per heavy atom. The van der Waals surface area contributed by atoms with Crippen molar-refractivity contribution in [2.75, 3.05) is 41.8 Å². The number of carbonyl (C=O) groups excluding carboxylic acids is 3. The molecular formula is C52H43N7O6. The molecule has 4 aliphatic heterocycles. The van der Waals surface area contributed by atoms with Crippen LogP contribution in [-0.4, -0.2) is 75.1 Å². The lowest BCUT2D eigenvalue weighted by atomic mass is 9.65. The molecule has 11 rings (SSSR count). The van der Waals surface area contributed by atoms with Gasteiger partial charge in [0.15, 0.2) is 0 Å². The summed E-state index contributed by atoms with van der Waals surface area (Å²) in [5, 5.41) is 25.5. The third-order valence-corrected chi connectivity index (χ3v) is 13.2. The quantitative estimate of drug-likeness (QED) is 0.114. The molecule has 5 heterocycles. The van der Waals surface area contributed by atoms with Crippen molar-refractivity contribution in [3.05, 3.63) is 179 Å². The van der Waals surface area contributed by atoms with Crippen LogP contribution in [-0.2, 0) is 35.8 Å². The minimum Gasteiger partial charge on any atom is -0.508 e. The number of cyclic esters (lactones) is 1. The SMILES string of the molecule is O=C1O[C@H](c2ccccc2)[C@H](c2ccccc2)N2[C@H]1[C@@H](C(=O)Nc1ccc(N3CCOCC3)cc1)[C@]1(C(=O)Nc3ccc(C#CCn4nnc5ccccc54)cc31)[C@H]2c1ccc(O)cc1. The van der Waals surface area contributed by atoms with Crippen LogP contribution in [0.5, 0.6) is 5.75 Å². The number of phenolic OH excluding ortho intramolecular Hbond substituents is 1. The highest BCUT2D eigenvalue weighted by atomic mass is 16.6. The van der Waals surface area contributed by atoms with E-state index in [1.807, 2.05) is 126 Å². The summed E-state index contributed by atoms with van der Waals surface area (Å²) in [6.07, 6.45) is -0.817. The van der Waals surface area contributed by atoms with Gasteiger partial charge in [0.1, 0.15) is 35.4 Å². The number of esters is 1. The minimum absolute atomic E-state index is 0.0287. The third-order valence-electron chi connectivity index (χ3n) is 13.2. The van der Waals surface area contributed by atoms with Crippen LogP contribution < -0.4 is 15.5 Å². The number of hydrogen-bond acceptors (Lipinski definition) is 10. The zero-order chi connectivity index (χ0) is 44.1. The topological polar surface area (TPSA) is 151 Å². The minimum atomic E-state index is -1.73. The summed E-state index contributed by atoms with van der Waals surface area (Å²) in [4.78, 5) is 50.6. The van der Waals surface area contributed by atoms with Gasteiger partial charge < -0.3 is 30.1 Å². The van der Waals surface area contributed by atoms with E-state index >= 15 is 14.4 Å². The maximum absolute atomic E-state index is 15.6. The highest BCUT2D eigenvalue weighted by molar-refractivity contribution is 6.13. The van der Waals surface area contributed by atoms with E-state index in [9.17, 15) is 5.11 Å². The van der Waals surface area contributed by atoms with E-state index < -0.39 is 53.3 Å². The first-order chi connectivity index (χ1) is 31.9. The van der Waals surface area contributed by atoms with Gasteiger partial charge in [-0.3, -0.25) is 19.3 Å². The number of fused-ring (bicyclic) bond motifs is 4. The molecule has 3 saturated heterocycles. The molecule has 6 atom stereocenters. The molecule has 65 heavy (non-hydrogen) atoms. The number of nitrogens with zero attached hydrogens (tertiary/aromatic N) is 5. The number of para-hydroxylation sites is 1. The zero-order valence-electron chi connectivity index (χ0n) is 35.1. The molecule has 4 aliphatic rings. The van der Waals surface area contributed by atoms with E-state index in [-0.39, 0.29) is 12.3 Å². The van der Waals surface area contributed by atoms with Crippen LogP contribution >= 0.6 is 0 Å².